The van der Waals surface area contributed by atoms with Gasteiger partial charge in [-0.15, -0.1) is 0 Å². The van der Waals surface area contributed by atoms with Crippen molar-refractivity contribution in [2.75, 3.05) is 20.2 Å². The average Bonchev–Trinajstić information content (AvgIpc) is 2.49. The molecule has 0 aromatic heterocycles. The minimum absolute atomic E-state index is 0.698. The van der Waals surface area contributed by atoms with E-state index in [0.717, 1.165) is 30.7 Å². The molecule has 0 heterocycles. The molecule has 0 aliphatic heterocycles. The lowest BCUT2D eigenvalue weighted by atomic mass is 9.70. The van der Waals surface area contributed by atoms with Crippen molar-refractivity contribution in [1.82, 2.24) is 5.32 Å². The second-order valence-corrected chi connectivity index (χ2v) is 6.71. The predicted octanol–water partition coefficient (Wildman–Crippen LogP) is 4.52. The molecule has 1 fully saturated rings. The Morgan fingerprint density at radius 2 is 2.10 bits per heavy atom. The zero-order chi connectivity index (χ0) is 15.2. The second kappa shape index (κ2) is 7.84. The highest BCUT2D eigenvalue weighted by Gasteiger charge is 2.30. The molecule has 1 aromatic rings. The quantitative estimate of drug-likeness (QED) is 0.777. The maximum atomic E-state index is 5.35. The number of hydrogen-bond acceptors (Lipinski definition) is 2. The Balaban J connectivity index is 2.15. The van der Waals surface area contributed by atoms with Gasteiger partial charge in [0.15, 0.2) is 0 Å². The lowest BCUT2D eigenvalue weighted by Gasteiger charge is -2.36. The van der Waals surface area contributed by atoms with Crippen LogP contribution in [0.25, 0.3) is 0 Å². The van der Waals surface area contributed by atoms with E-state index in [-0.39, 0.29) is 0 Å². The SMILES string of the molecule is CCCNCC1CCC(C)CC1c1ccc(OC)cc1C. The van der Waals surface area contributed by atoms with Gasteiger partial charge in [0, 0.05) is 0 Å². The van der Waals surface area contributed by atoms with E-state index >= 15 is 0 Å². The van der Waals surface area contributed by atoms with Gasteiger partial charge in [0.1, 0.15) is 5.75 Å². The van der Waals surface area contributed by atoms with Crippen molar-refractivity contribution >= 4 is 0 Å². The maximum absolute atomic E-state index is 5.35. The van der Waals surface area contributed by atoms with Crippen LogP contribution in [0.15, 0.2) is 18.2 Å². The van der Waals surface area contributed by atoms with E-state index in [9.17, 15) is 0 Å². The number of aryl methyl sites for hydroxylation is 1. The van der Waals surface area contributed by atoms with Gasteiger partial charge in [0.25, 0.3) is 0 Å². The summed E-state index contributed by atoms with van der Waals surface area (Å²) in [4.78, 5) is 0. The first-order valence-electron chi connectivity index (χ1n) is 8.51. The summed E-state index contributed by atoms with van der Waals surface area (Å²) in [6, 6.07) is 6.60. The Hall–Kier alpha value is -1.02. The van der Waals surface area contributed by atoms with Gasteiger partial charge in [-0.3, -0.25) is 0 Å². The highest BCUT2D eigenvalue weighted by Crippen LogP contribution is 2.41. The van der Waals surface area contributed by atoms with Crippen LogP contribution in [0.5, 0.6) is 5.75 Å². The first kappa shape index (κ1) is 16.4. The van der Waals surface area contributed by atoms with E-state index in [2.05, 4.69) is 44.3 Å². The molecular formula is C19H31NO. The summed E-state index contributed by atoms with van der Waals surface area (Å²) < 4.78 is 5.35. The van der Waals surface area contributed by atoms with Crippen LogP contribution >= 0.6 is 0 Å². The number of nitrogens with one attached hydrogen (secondary N) is 1. The van der Waals surface area contributed by atoms with Gasteiger partial charge in [-0.05, 0) is 80.3 Å². The topological polar surface area (TPSA) is 21.3 Å². The van der Waals surface area contributed by atoms with E-state index in [1.807, 2.05) is 0 Å². The number of ether oxygens (including phenoxy) is 1. The molecule has 0 spiro atoms. The molecule has 3 unspecified atom stereocenters. The van der Waals surface area contributed by atoms with Crippen molar-refractivity contribution in [3.8, 4) is 5.75 Å². The van der Waals surface area contributed by atoms with Crippen molar-refractivity contribution in [2.45, 2.75) is 52.4 Å². The number of hydrogen-bond donors (Lipinski definition) is 1. The van der Waals surface area contributed by atoms with Crippen LogP contribution in [0, 0.1) is 18.8 Å². The van der Waals surface area contributed by atoms with E-state index < -0.39 is 0 Å². The molecule has 1 N–H and O–H groups in total. The fourth-order valence-electron chi connectivity index (χ4n) is 3.72. The van der Waals surface area contributed by atoms with Crippen LogP contribution < -0.4 is 10.1 Å². The van der Waals surface area contributed by atoms with Crippen molar-refractivity contribution in [2.24, 2.45) is 11.8 Å². The van der Waals surface area contributed by atoms with Crippen molar-refractivity contribution in [3.63, 3.8) is 0 Å². The van der Waals surface area contributed by atoms with Crippen molar-refractivity contribution in [1.29, 1.82) is 0 Å². The average molecular weight is 289 g/mol. The third-order valence-corrected chi connectivity index (χ3v) is 4.97. The van der Waals surface area contributed by atoms with Gasteiger partial charge in [0.2, 0.25) is 0 Å². The highest BCUT2D eigenvalue weighted by atomic mass is 16.5. The van der Waals surface area contributed by atoms with E-state index in [1.54, 1.807) is 7.11 Å². The molecule has 0 radical (unpaired) electrons. The van der Waals surface area contributed by atoms with E-state index in [1.165, 1.54) is 36.8 Å². The smallest absolute Gasteiger partial charge is 0.119 e. The Bertz CT molecular complexity index is 443. The lowest BCUT2D eigenvalue weighted by molar-refractivity contribution is 0.241. The normalized spacial score (nSPS) is 25.8. The fourth-order valence-corrected chi connectivity index (χ4v) is 3.72. The van der Waals surface area contributed by atoms with E-state index in [4.69, 9.17) is 4.74 Å². The molecule has 2 rings (SSSR count). The number of methoxy groups -OCH3 is 1. The summed E-state index contributed by atoms with van der Waals surface area (Å²) >= 11 is 0. The van der Waals surface area contributed by atoms with E-state index in [0.29, 0.717) is 5.92 Å². The van der Waals surface area contributed by atoms with Crippen molar-refractivity contribution < 1.29 is 4.74 Å². The summed E-state index contributed by atoms with van der Waals surface area (Å²) in [5.74, 6) is 3.29. The monoisotopic (exact) mass is 289 g/mol. The minimum Gasteiger partial charge on any atom is -0.497 e. The van der Waals surface area contributed by atoms with Crippen LogP contribution in [-0.2, 0) is 0 Å². The summed E-state index contributed by atoms with van der Waals surface area (Å²) in [7, 11) is 1.74. The highest BCUT2D eigenvalue weighted by molar-refractivity contribution is 5.37. The third kappa shape index (κ3) is 4.23. The summed E-state index contributed by atoms with van der Waals surface area (Å²) in [6.07, 6.45) is 5.28. The second-order valence-electron chi connectivity index (χ2n) is 6.71. The molecule has 3 atom stereocenters. The maximum Gasteiger partial charge on any atom is 0.119 e. The van der Waals surface area contributed by atoms with Crippen LogP contribution in [0.2, 0.25) is 0 Å². The number of rotatable bonds is 6. The predicted molar refractivity (Wildman–Crippen MR) is 90.1 cm³/mol. The Kier molecular flexibility index (Phi) is 6.10. The molecule has 0 bridgehead atoms. The van der Waals surface area contributed by atoms with Gasteiger partial charge in [0.05, 0.1) is 7.11 Å². The molecule has 118 valence electrons. The zero-order valence-electron chi connectivity index (χ0n) is 14.1. The van der Waals surface area contributed by atoms with Crippen LogP contribution in [-0.4, -0.2) is 20.2 Å². The van der Waals surface area contributed by atoms with Gasteiger partial charge in [-0.2, -0.15) is 0 Å². The molecule has 1 aromatic carbocycles. The molecule has 1 aliphatic rings. The fraction of sp³-hybridized carbons (Fsp3) is 0.684. The largest absolute Gasteiger partial charge is 0.497 e. The third-order valence-electron chi connectivity index (χ3n) is 4.97. The summed E-state index contributed by atoms with van der Waals surface area (Å²) in [5.41, 5.74) is 2.92. The first-order chi connectivity index (χ1) is 10.2. The first-order valence-corrected chi connectivity index (χ1v) is 8.51. The molecule has 1 aliphatic carbocycles. The molecule has 0 saturated heterocycles. The van der Waals surface area contributed by atoms with Crippen molar-refractivity contribution in [3.05, 3.63) is 29.3 Å². The number of benzene rings is 1. The molecule has 21 heavy (non-hydrogen) atoms. The molecule has 2 heteroatoms. The molecule has 2 nitrogen and oxygen atoms in total. The lowest BCUT2D eigenvalue weighted by Crippen LogP contribution is -2.32. The zero-order valence-corrected chi connectivity index (χ0v) is 14.1. The minimum atomic E-state index is 0.698. The van der Waals surface area contributed by atoms with Crippen LogP contribution in [0.1, 0.15) is 56.6 Å². The Morgan fingerprint density at radius 3 is 2.76 bits per heavy atom. The Labute approximate surface area is 130 Å². The standard InChI is InChI=1S/C19H31NO/c1-5-10-20-13-16-7-6-14(2)11-19(16)18-9-8-17(21-4)12-15(18)3/h8-9,12,14,16,19-20H,5-7,10-11,13H2,1-4H3. The molecular weight excluding hydrogens is 258 g/mol. The van der Waals surface area contributed by atoms with Gasteiger partial charge >= 0.3 is 0 Å². The van der Waals surface area contributed by atoms with Gasteiger partial charge in [-0.25, -0.2) is 0 Å². The van der Waals surface area contributed by atoms with Crippen LogP contribution in [0.4, 0.5) is 0 Å². The Morgan fingerprint density at radius 1 is 1.29 bits per heavy atom. The van der Waals surface area contributed by atoms with Gasteiger partial charge < -0.3 is 10.1 Å². The summed E-state index contributed by atoms with van der Waals surface area (Å²) in [5, 5.41) is 3.64. The van der Waals surface area contributed by atoms with Gasteiger partial charge in [-0.1, -0.05) is 26.3 Å². The van der Waals surface area contributed by atoms with Crippen LogP contribution in [0.3, 0.4) is 0 Å². The molecule has 1 saturated carbocycles. The summed E-state index contributed by atoms with van der Waals surface area (Å²) in [6.45, 7) is 9.17. The molecule has 0 amide bonds.